The zero-order valence-corrected chi connectivity index (χ0v) is 16.1. The van der Waals surface area contributed by atoms with Crippen LogP contribution >= 0.6 is 0 Å². The van der Waals surface area contributed by atoms with Gasteiger partial charge in [-0.3, -0.25) is 14.4 Å². The van der Waals surface area contributed by atoms with E-state index in [1.165, 1.54) is 32.6 Å². The average Bonchev–Trinajstić information content (AvgIpc) is 3.24. The maximum atomic E-state index is 13.5. The Morgan fingerprint density at radius 3 is 2.20 bits per heavy atom. The average molecular weight is 411 g/mol. The van der Waals surface area contributed by atoms with E-state index in [0.29, 0.717) is 11.4 Å². The van der Waals surface area contributed by atoms with Gasteiger partial charge in [0, 0.05) is 18.4 Å². The molecule has 30 heavy (non-hydrogen) atoms. The van der Waals surface area contributed by atoms with Crippen molar-refractivity contribution in [1.82, 2.24) is 15.3 Å². The van der Waals surface area contributed by atoms with Crippen molar-refractivity contribution >= 4 is 29.1 Å². The Labute approximate surface area is 170 Å². The van der Waals surface area contributed by atoms with Crippen molar-refractivity contribution in [2.45, 2.75) is 0 Å². The third-order valence-electron chi connectivity index (χ3n) is 4.12. The molecule has 0 atom stereocenters. The van der Waals surface area contributed by atoms with Crippen molar-refractivity contribution in [2.75, 3.05) is 24.8 Å². The van der Waals surface area contributed by atoms with Crippen LogP contribution in [0.3, 0.4) is 0 Å². The van der Waals surface area contributed by atoms with Gasteiger partial charge in [0.15, 0.2) is 5.69 Å². The predicted octanol–water partition coefficient (Wildman–Crippen LogP) is 2.42. The van der Waals surface area contributed by atoms with Crippen LogP contribution in [0.5, 0.6) is 5.75 Å². The van der Waals surface area contributed by atoms with Crippen molar-refractivity contribution in [2.24, 2.45) is 0 Å². The number of anilines is 2. The minimum absolute atomic E-state index is 0.0444. The van der Waals surface area contributed by atoms with Crippen LogP contribution < -0.4 is 20.7 Å². The molecule has 1 aromatic heterocycles. The number of carbonyl (C=O) groups excluding carboxylic acids is 3. The van der Waals surface area contributed by atoms with E-state index in [2.05, 4.69) is 25.9 Å². The molecule has 0 radical (unpaired) electrons. The molecule has 0 fully saturated rings. The Kier molecular flexibility index (Phi) is 6.06. The van der Waals surface area contributed by atoms with Gasteiger partial charge < -0.3 is 25.7 Å². The summed E-state index contributed by atoms with van der Waals surface area (Å²) in [6, 6.07) is 9.88. The van der Waals surface area contributed by atoms with Gasteiger partial charge in [-0.05, 0) is 42.5 Å². The van der Waals surface area contributed by atoms with E-state index in [-0.39, 0.29) is 22.7 Å². The van der Waals surface area contributed by atoms with Gasteiger partial charge in [-0.2, -0.15) is 0 Å². The number of ether oxygens (including phenoxy) is 1. The first-order chi connectivity index (χ1) is 14.4. The fraction of sp³-hybridized carbons (Fsp3) is 0.100. The summed E-state index contributed by atoms with van der Waals surface area (Å²) in [6.07, 6.45) is 1.25. The van der Waals surface area contributed by atoms with E-state index in [4.69, 9.17) is 4.74 Å². The summed E-state index contributed by atoms with van der Waals surface area (Å²) in [7, 11) is 2.83. The maximum Gasteiger partial charge on any atom is 0.276 e. The summed E-state index contributed by atoms with van der Waals surface area (Å²) >= 11 is 0. The first-order valence-corrected chi connectivity index (χ1v) is 8.74. The molecule has 10 heteroatoms. The summed E-state index contributed by atoms with van der Waals surface area (Å²) in [5.41, 5.74) is 0.894. The molecule has 4 N–H and O–H groups in total. The van der Waals surface area contributed by atoms with Crippen molar-refractivity contribution in [3.05, 3.63) is 71.6 Å². The number of hydrogen-bond donors (Lipinski definition) is 4. The zero-order chi connectivity index (χ0) is 21.7. The van der Waals surface area contributed by atoms with E-state index in [1.54, 1.807) is 24.3 Å². The van der Waals surface area contributed by atoms with Gasteiger partial charge >= 0.3 is 0 Å². The molecule has 0 saturated heterocycles. The number of nitrogens with one attached hydrogen (secondary N) is 4. The second kappa shape index (κ2) is 8.86. The van der Waals surface area contributed by atoms with Gasteiger partial charge in [0.1, 0.15) is 17.3 Å². The summed E-state index contributed by atoms with van der Waals surface area (Å²) in [4.78, 5) is 43.0. The number of aromatic nitrogens is 2. The maximum absolute atomic E-state index is 13.5. The lowest BCUT2D eigenvalue weighted by Crippen LogP contribution is -2.23. The van der Waals surface area contributed by atoms with Crippen molar-refractivity contribution in [3.8, 4) is 5.75 Å². The Morgan fingerprint density at radius 1 is 0.967 bits per heavy atom. The van der Waals surface area contributed by atoms with Gasteiger partial charge in [0.25, 0.3) is 17.7 Å². The van der Waals surface area contributed by atoms with Crippen molar-refractivity contribution < 1.29 is 23.5 Å². The second-order valence-electron chi connectivity index (χ2n) is 6.04. The molecular weight excluding hydrogens is 393 g/mol. The first kappa shape index (κ1) is 20.5. The highest BCUT2D eigenvalue weighted by Gasteiger charge is 2.19. The van der Waals surface area contributed by atoms with Crippen molar-refractivity contribution in [1.29, 1.82) is 0 Å². The van der Waals surface area contributed by atoms with Crippen LogP contribution in [0.15, 0.2) is 48.8 Å². The molecule has 2 aromatic carbocycles. The van der Waals surface area contributed by atoms with E-state index >= 15 is 0 Å². The minimum Gasteiger partial charge on any atom is -0.496 e. The van der Waals surface area contributed by atoms with Crippen molar-refractivity contribution in [3.63, 3.8) is 0 Å². The van der Waals surface area contributed by atoms with Crippen LogP contribution in [-0.2, 0) is 0 Å². The number of benzene rings is 2. The molecule has 0 aliphatic rings. The standard InChI is InChI=1S/C20H18FN5O4/c1-22-19(28)16-17(24-10-23-16)20(29)26-13-6-4-12(5-7-13)25-18(27)14-9-11(21)3-8-15(14)30-2/h3-10H,1-2H3,(H,22,28)(H,23,24)(H,25,27)(H,26,29). The quantitative estimate of drug-likeness (QED) is 0.496. The summed E-state index contributed by atoms with van der Waals surface area (Å²) in [5, 5.41) is 7.66. The SMILES string of the molecule is CNC(=O)c1[nH]cnc1C(=O)Nc1ccc(NC(=O)c2cc(F)ccc2OC)cc1. The molecule has 154 valence electrons. The number of halogens is 1. The van der Waals surface area contributed by atoms with E-state index in [9.17, 15) is 18.8 Å². The van der Waals surface area contributed by atoms with Gasteiger partial charge in [-0.25, -0.2) is 9.37 Å². The third-order valence-corrected chi connectivity index (χ3v) is 4.12. The molecule has 3 aromatic rings. The van der Waals surface area contributed by atoms with E-state index in [1.807, 2.05) is 0 Å². The highest BCUT2D eigenvalue weighted by atomic mass is 19.1. The van der Waals surface area contributed by atoms with Gasteiger partial charge in [-0.15, -0.1) is 0 Å². The van der Waals surface area contributed by atoms with Crippen LogP contribution in [-0.4, -0.2) is 41.8 Å². The van der Waals surface area contributed by atoms with Gasteiger partial charge in [0.05, 0.1) is 19.0 Å². The van der Waals surface area contributed by atoms with E-state index in [0.717, 1.165) is 6.07 Å². The number of nitrogens with zero attached hydrogens (tertiary/aromatic N) is 1. The monoisotopic (exact) mass is 411 g/mol. The van der Waals surface area contributed by atoms with Crippen LogP contribution in [0, 0.1) is 5.82 Å². The lowest BCUT2D eigenvalue weighted by Gasteiger charge is -2.10. The van der Waals surface area contributed by atoms with Crippen LogP contribution in [0.2, 0.25) is 0 Å². The highest BCUT2D eigenvalue weighted by molar-refractivity contribution is 6.10. The summed E-state index contributed by atoms with van der Waals surface area (Å²) in [6.45, 7) is 0. The lowest BCUT2D eigenvalue weighted by molar-refractivity contribution is 0.0943. The predicted molar refractivity (Wildman–Crippen MR) is 107 cm³/mol. The number of amides is 3. The topological polar surface area (TPSA) is 125 Å². The Balaban J connectivity index is 1.69. The molecule has 0 saturated carbocycles. The summed E-state index contributed by atoms with van der Waals surface area (Å²) < 4.78 is 18.5. The fourth-order valence-corrected chi connectivity index (χ4v) is 2.65. The van der Waals surface area contributed by atoms with Gasteiger partial charge in [0.2, 0.25) is 0 Å². The fourth-order valence-electron chi connectivity index (χ4n) is 2.65. The number of methoxy groups -OCH3 is 1. The molecule has 3 amide bonds. The smallest absolute Gasteiger partial charge is 0.276 e. The Morgan fingerprint density at radius 2 is 1.60 bits per heavy atom. The molecule has 3 rings (SSSR count). The largest absolute Gasteiger partial charge is 0.496 e. The Hall–Kier alpha value is -4.21. The molecule has 1 heterocycles. The second-order valence-corrected chi connectivity index (χ2v) is 6.04. The van der Waals surface area contributed by atoms with Gasteiger partial charge in [-0.1, -0.05) is 0 Å². The number of hydrogen-bond acceptors (Lipinski definition) is 5. The highest BCUT2D eigenvalue weighted by Crippen LogP contribution is 2.22. The molecule has 9 nitrogen and oxygen atoms in total. The molecule has 0 aliphatic heterocycles. The van der Waals surface area contributed by atoms with E-state index < -0.39 is 23.5 Å². The molecule has 0 bridgehead atoms. The van der Waals surface area contributed by atoms with Crippen LogP contribution in [0.25, 0.3) is 0 Å². The number of carbonyl (C=O) groups is 3. The third kappa shape index (κ3) is 4.43. The summed E-state index contributed by atoms with van der Waals surface area (Å²) in [5.74, 6) is -1.91. The minimum atomic E-state index is -0.573. The Bertz CT molecular complexity index is 1090. The normalized spacial score (nSPS) is 10.2. The number of aromatic amines is 1. The van der Waals surface area contributed by atoms with Crippen LogP contribution in [0.1, 0.15) is 31.3 Å². The zero-order valence-electron chi connectivity index (χ0n) is 16.1. The van der Waals surface area contributed by atoms with Crippen LogP contribution in [0.4, 0.5) is 15.8 Å². The number of H-pyrrole nitrogens is 1. The number of rotatable bonds is 6. The first-order valence-electron chi connectivity index (χ1n) is 8.74. The molecule has 0 aliphatic carbocycles. The lowest BCUT2D eigenvalue weighted by atomic mass is 10.1. The molecule has 0 spiro atoms. The molecular formula is C20H18FN5O4. The number of imidazole rings is 1. The molecule has 0 unspecified atom stereocenters.